The van der Waals surface area contributed by atoms with Crippen molar-refractivity contribution < 1.29 is 13.2 Å². The van der Waals surface area contributed by atoms with E-state index in [2.05, 4.69) is 15.3 Å². The number of nitrogens with one attached hydrogen (secondary N) is 1. The maximum atomic E-state index is 12.6. The Hall–Kier alpha value is -3.30. The Morgan fingerprint density at radius 2 is 1.73 bits per heavy atom. The summed E-state index contributed by atoms with van der Waals surface area (Å²) >= 11 is 0. The molecule has 0 atom stereocenters. The van der Waals surface area contributed by atoms with Gasteiger partial charge in [-0.3, -0.25) is 4.79 Å². The van der Waals surface area contributed by atoms with Crippen LogP contribution in [0.2, 0.25) is 0 Å². The van der Waals surface area contributed by atoms with Crippen LogP contribution in [0.25, 0.3) is 11.3 Å². The van der Waals surface area contributed by atoms with E-state index in [9.17, 15) is 13.2 Å². The number of benzene rings is 2. The number of nitrogens with zero attached hydrogens (tertiary/aromatic N) is 3. The highest BCUT2D eigenvalue weighted by Gasteiger charge is 2.17. The second kappa shape index (κ2) is 9.02. The Labute approximate surface area is 175 Å². The third-order valence-electron chi connectivity index (χ3n) is 4.36. The fraction of sp³-hybridized carbons (Fsp3) is 0.190. The maximum absolute atomic E-state index is 12.6. The summed E-state index contributed by atoms with van der Waals surface area (Å²) in [6, 6.07) is 15.3. The van der Waals surface area contributed by atoms with Gasteiger partial charge in [0.05, 0.1) is 22.5 Å². The van der Waals surface area contributed by atoms with E-state index in [1.807, 2.05) is 25.1 Å². The van der Waals surface area contributed by atoms with Gasteiger partial charge in [-0.2, -0.15) is 0 Å². The number of hydrogen-bond donors (Lipinski definition) is 2. The van der Waals surface area contributed by atoms with Crippen LogP contribution >= 0.6 is 0 Å². The van der Waals surface area contributed by atoms with Crippen LogP contribution in [-0.4, -0.2) is 55.6 Å². The number of nitrogen functional groups attached to an aromatic ring is 1. The van der Waals surface area contributed by atoms with E-state index in [1.165, 1.54) is 18.3 Å². The van der Waals surface area contributed by atoms with Gasteiger partial charge in [-0.15, -0.1) is 0 Å². The molecule has 9 heteroatoms. The highest BCUT2D eigenvalue weighted by Crippen LogP contribution is 2.22. The minimum Gasteiger partial charge on any atom is -0.382 e. The molecule has 0 aliphatic heterocycles. The average molecular weight is 426 g/mol. The third-order valence-corrected chi connectivity index (χ3v) is 6.07. The first-order chi connectivity index (χ1) is 14.3. The number of hydrogen-bond acceptors (Lipinski definition) is 7. The van der Waals surface area contributed by atoms with Crippen molar-refractivity contribution in [3.63, 3.8) is 0 Å². The first kappa shape index (κ1) is 21.4. The van der Waals surface area contributed by atoms with Crippen LogP contribution in [0.3, 0.4) is 0 Å². The van der Waals surface area contributed by atoms with E-state index < -0.39 is 15.7 Å². The molecule has 3 N–H and O–H groups in total. The minimum absolute atomic E-state index is 0.000894. The molecule has 30 heavy (non-hydrogen) atoms. The van der Waals surface area contributed by atoms with Gasteiger partial charge in [-0.25, -0.2) is 18.4 Å². The van der Waals surface area contributed by atoms with Crippen LogP contribution in [0.1, 0.15) is 10.5 Å². The third kappa shape index (κ3) is 5.19. The standard InChI is InChI=1S/C21H23N5O3S/c1-26(2)12-13-30(28,29)17-10-8-15(9-11-17)18-14-23-20(22)19(25-18)21(27)24-16-6-4-3-5-7-16/h3-11,14H,12-13H2,1-2H3,(H2,22,23)(H,24,27). The van der Waals surface area contributed by atoms with E-state index in [0.717, 1.165) is 0 Å². The monoisotopic (exact) mass is 425 g/mol. The predicted molar refractivity (Wildman–Crippen MR) is 117 cm³/mol. The largest absolute Gasteiger partial charge is 0.382 e. The molecule has 1 aromatic heterocycles. The zero-order valence-electron chi connectivity index (χ0n) is 16.7. The van der Waals surface area contributed by atoms with Crippen molar-refractivity contribution in [1.82, 2.24) is 14.9 Å². The summed E-state index contributed by atoms with van der Waals surface area (Å²) in [6.45, 7) is 0.438. The van der Waals surface area contributed by atoms with Crippen molar-refractivity contribution in [2.24, 2.45) is 0 Å². The summed E-state index contributed by atoms with van der Waals surface area (Å²) in [5, 5.41) is 2.73. The van der Waals surface area contributed by atoms with Crippen molar-refractivity contribution in [3.05, 3.63) is 66.5 Å². The van der Waals surface area contributed by atoms with Crippen LogP contribution < -0.4 is 11.1 Å². The molecule has 0 saturated carbocycles. The lowest BCUT2D eigenvalue weighted by atomic mass is 10.1. The van der Waals surface area contributed by atoms with Crippen LogP contribution in [0.15, 0.2) is 65.7 Å². The molecular formula is C21H23N5O3S. The smallest absolute Gasteiger partial charge is 0.278 e. The first-order valence-electron chi connectivity index (χ1n) is 9.23. The molecule has 3 aromatic rings. The molecule has 1 heterocycles. The van der Waals surface area contributed by atoms with Gasteiger partial charge in [0.2, 0.25) is 0 Å². The van der Waals surface area contributed by atoms with Crippen LogP contribution in [0.5, 0.6) is 0 Å². The number of aromatic nitrogens is 2. The minimum atomic E-state index is -3.38. The fourth-order valence-corrected chi connectivity index (χ4v) is 4.06. The Morgan fingerprint density at radius 1 is 1.07 bits per heavy atom. The summed E-state index contributed by atoms with van der Waals surface area (Å²) in [7, 11) is 0.268. The summed E-state index contributed by atoms with van der Waals surface area (Å²) < 4.78 is 24.8. The first-order valence-corrected chi connectivity index (χ1v) is 10.9. The van der Waals surface area contributed by atoms with Gasteiger partial charge in [-0.05, 0) is 38.4 Å². The second-order valence-electron chi connectivity index (χ2n) is 6.96. The predicted octanol–water partition coefficient (Wildman–Crippen LogP) is 2.31. The quantitative estimate of drug-likeness (QED) is 0.596. The van der Waals surface area contributed by atoms with Gasteiger partial charge >= 0.3 is 0 Å². The maximum Gasteiger partial charge on any atom is 0.278 e. The Morgan fingerprint density at radius 3 is 2.37 bits per heavy atom. The lowest BCUT2D eigenvalue weighted by Gasteiger charge is -2.11. The molecule has 8 nitrogen and oxygen atoms in total. The molecule has 0 saturated heterocycles. The molecule has 0 fully saturated rings. The number of amides is 1. The summed E-state index contributed by atoms with van der Waals surface area (Å²) in [5.74, 6) is -0.434. The fourth-order valence-electron chi connectivity index (χ4n) is 2.67. The van der Waals surface area contributed by atoms with Crippen molar-refractivity contribution >= 4 is 27.2 Å². The second-order valence-corrected chi connectivity index (χ2v) is 9.06. The van der Waals surface area contributed by atoms with Gasteiger partial charge < -0.3 is 16.0 Å². The lowest BCUT2D eigenvalue weighted by Crippen LogP contribution is -2.21. The lowest BCUT2D eigenvalue weighted by molar-refractivity contribution is 0.102. The number of para-hydroxylation sites is 1. The highest BCUT2D eigenvalue weighted by molar-refractivity contribution is 7.91. The number of anilines is 2. The molecular weight excluding hydrogens is 402 g/mol. The van der Waals surface area contributed by atoms with Crippen LogP contribution in [0.4, 0.5) is 11.5 Å². The Kier molecular flexibility index (Phi) is 6.43. The van der Waals surface area contributed by atoms with E-state index in [-0.39, 0.29) is 22.2 Å². The van der Waals surface area contributed by atoms with E-state index in [0.29, 0.717) is 23.5 Å². The van der Waals surface area contributed by atoms with Crippen molar-refractivity contribution in [3.8, 4) is 11.3 Å². The molecule has 3 rings (SSSR count). The molecule has 0 aliphatic carbocycles. The topological polar surface area (TPSA) is 118 Å². The van der Waals surface area contributed by atoms with Crippen molar-refractivity contribution in [2.45, 2.75) is 4.90 Å². The van der Waals surface area contributed by atoms with E-state index in [1.54, 1.807) is 36.4 Å². The molecule has 2 aromatic carbocycles. The number of sulfone groups is 1. The van der Waals surface area contributed by atoms with Crippen LogP contribution in [0, 0.1) is 0 Å². The molecule has 0 aliphatic rings. The number of nitrogens with two attached hydrogens (primary N) is 1. The molecule has 0 spiro atoms. The Balaban J connectivity index is 1.83. The number of rotatable bonds is 7. The summed E-state index contributed by atoms with van der Waals surface area (Å²) in [6.07, 6.45) is 1.45. The number of carbonyl (C=O) groups is 1. The Bertz CT molecular complexity index is 1130. The van der Waals surface area contributed by atoms with E-state index >= 15 is 0 Å². The van der Waals surface area contributed by atoms with Gasteiger partial charge in [0.25, 0.3) is 5.91 Å². The number of carbonyl (C=O) groups excluding carboxylic acids is 1. The molecule has 0 radical (unpaired) electrons. The van der Waals surface area contributed by atoms with Gasteiger partial charge in [0, 0.05) is 17.8 Å². The highest BCUT2D eigenvalue weighted by atomic mass is 32.2. The van der Waals surface area contributed by atoms with Gasteiger partial charge in [0.1, 0.15) is 0 Å². The zero-order chi connectivity index (χ0) is 21.7. The molecule has 0 unspecified atom stereocenters. The summed E-state index contributed by atoms with van der Waals surface area (Å²) in [5.41, 5.74) is 7.50. The van der Waals surface area contributed by atoms with Crippen LogP contribution in [-0.2, 0) is 9.84 Å². The normalized spacial score (nSPS) is 11.4. The van der Waals surface area contributed by atoms with Gasteiger partial charge in [-0.1, -0.05) is 30.3 Å². The van der Waals surface area contributed by atoms with Gasteiger partial charge in [0.15, 0.2) is 21.3 Å². The zero-order valence-corrected chi connectivity index (χ0v) is 17.6. The molecule has 156 valence electrons. The molecule has 0 bridgehead atoms. The summed E-state index contributed by atoms with van der Waals surface area (Å²) in [4.78, 5) is 23.0. The van der Waals surface area contributed by atoms with E-state index in [4.69, 9.17) is 5.73 Å². The van der Waals surface area contributed by atoms with Crippen molar-refractivity contribution in [1.29, 1.82) is 0 Å². The van der Waals surface area contributed by atoms with Crippen molar-refractivity contribution in [2.75, 3.05) is 37.4 Å². The molecule has 1 amide bonds. The average Bonchev–Trinajstić information content (AvgIpc) is 2.73. The SMILES string of the molecule is CN(C)CCS(=O)(=O)c1ccc(-c2cnc(N)c(C(=O)Nc3ccccc3)n2)cc1.